The zero-order valence-electron chi connectivity index (χ0n) is 18.7. The number of anilines is 3. The van der Waals surface area contributed by atoms with Gasteiger partial charge in [0.05, 0.1) is 22.6 Å². The Hall–Kier alpha value is -3.76. The summed E-state index contributed by atoms with van der Waals surface area (Å²) in [5.74, 6) is 0.650. The summed E-state index contributed by atoms with van der Waals surface area (Å²) in [6.45, 7) is 4.09. The summed E-state index contributed by atoms with van der Waals surface area (Å²) in [5, 5.41) is 5.94. The molecule has 9 nitrogen and oxygen atoms in total. The molecule has 4 N–H and O–H groups in total. The Balaban J connectivity index is 1.39. The number of rotatable bonds is 6. The van der Waals surface area contributed by atoms with E-state index >= 15 is 0 Å². The number of hydrogen-bond acceptors (Lipinski definition) is 8. The van der Waals surface area contributed by atoms with E-state index in [1.807, 2.05) is 62.0 Å². The number of aromatic nitrogens is 6. The quantitative estimate of drug-likeness (QED) is 0.285. The fourth-order valence-electron chi connectivity index (χ4n) is 3.57. The molecule has 2 aromatic carbocycles. The number of halogens is 1. The van der Waals surface area contributed by atoms with Crippen molar-refractivity contribution in [3.8, 4) is 11.3 Å². The van der Waals surface area contributed by atoms with Gasteiger partial charge in [-0.05, 0) is 49.2 Å². The first-order chi connectivity index (χ1) is 16.4. The van der Waals surface area contributed by atoms with Crippen LogP contribution >= 0.6 is 23.4 Å². The molecule has 5 aromatic rings. The van der Waals surface area contributed by atoms with Crippen molar-refractivity contribution in [1.29, 1.82) is 0 Å². The standard InChI is InChI=1S/C23H22ClN9S/c1-13-8-14(2)10-16(9-13)29-30-22-28-21-20(25)27-18(12-33(21)31-22)15-4-5-19(17(24)11-15)34-23-26-6-7-32(23)3/h4-12,29H,1-3H3,(H2,25,27)(H,30,31). The van der Waals surface area contributed by atoms with E-state index in [2.05, 4.69) is 37.0 Å². The van der Waals surface area contributed by atoms with Crippen molar-refractivity contribution in [2.45, 2.75) is 23.9 Å². The van der Waals surface area contributed by atoms with Gasteiger partial charge in [0.25, 0.3) is 5.95 Å². The average Bonchev–Trinajstić information content (AvgIpc) is 3.39. The Bertz CT molecular complexity index is 1490. The molecule has 0 aliphatic rings. The lowest BCUT2D eigenvalue weighted by atomic mass is 10.1. The van der Waals surface area contributed by atoms with Crippen LogP contribution in [0.1, 0.15) is 11.1 Å². The normalized spacial score (nSPS) is 11.2. The highest BCUT2D eigenvalue weighted by Crippen LogP contribution is 2.35. The lowest BCUT2D eigenvalue weighted by molar-refractivity contribution is 0.790. The molecule has 172 valence electrons. The molecule has 0 aliphatic heterocycles. The van der Waals surface area contributed by atoms with Crippen LogP contribution in [0.2, 0.25) is 5.02 Å². The maximum absolute atomic E-state index is 6.56. The summed E-state index contributed by atoms with van der Waals surface area (Å²) in [4.78, 5) is 14.2. The Kier molecular flexibility index (Phi) is 5.76. The number of nitrogens with two attached hydrogens (primary N) is 1. The second-order valence-electron chi connectivity index (χ2n) is 7.91. The molecule has 3 heterocycles. The van der Waals surface area contributed by atoms with Crippen molar-refractivity contribution in [2.24, 2.45) is 7.05 Å². The fraction of sp³-hybridized carbons (Fsp3) is 0.130. The Labute approximate surface area is 205 Å². The van der Waals surface area contributed by atoms with Gasteiger partial charge in [-0.3, -0.25) is 10.9 Å². The van der Waals surface area contributed by atoms with Crippen molar-refractivity contribution < 1.29 is 0 Å². The lowest BCUT2D eigenvalue weighted by Gasteiger charge is -2.08. The largest absolute Gasteiger partial charge is 0.381 e. The molecular weight excluding hydrogens is 470 g/mol. The van der Waals surface area contributed by atoms with Gasteiger partial charge in [-0.15, -0.1) is 5.10 Å². The van der Waals surface area contributed by atoms with Crippen molar-refractivity contribution in [1.82, 2.24) is 29.1 Å². The third-order valence-electron chi connectivity index (χ3n) is 5.09. The SMILES string of the molecule is Cc1cc(C)cc(NNc2nc3c(N)nc(-c4ccc(Sc5nccn5C)c(Cl)c4)cn3n2)c1. The maximum Gasteiger partial charge on any atom is 0.261 e. The number of benzene rings is 2. The second-order valence-corrected chi connectivity index (χ2v) is 9.33. The molecule has 0 bridgehead atoms. The molecule has 0 aliphatic carbocycles. The number of nitrogen functional groups attached to an aromatic ring is 1. The molecule has 0 spiro atoms. The number of hydrazine groups is 1. The molecule has 5 rings (SSSR count). The Morgan fingerprint density at radius 3 is 2.53 bits per heavy atom. The Morgan fingerprint density at radius 1 is 1.03 bits per heavy atom. The van der Waals surface area contributed by atoms with Crippen LogP contribution in [-0.4, -0.2) is 29.1 Å². The van der Waals surface area contributed by atoms with Crippen LogP contribution in [-0.2, 0) is 7.05 Å². The van der Waals surface area contributed by atoms with Gasteiger partial charge in [0.2, 0.25) is 0 Å². The third kappa shape index (κ3) is 4.50. The van der Waals surface area contributed by atoms with E-state index in [4.69, 9.17) is 17.3 Å². The number of aryl methyl sites for hydroxylation is 3. The van der Waals surface area contributed by atoms with Crippen LogP contribution in [0.25, 0.3) is 16.9 Å². The number of nitrogens with one attached hydrogen (secondary N) is 2. The predicted molar refractivity (Wildman–Crippen MR) is 136 cm³/mol. The van der Waals surface area contributed by atoms with E-state index in [0.717, 1.165) is 32.4 Å². The maximum atomic E-state index is 6.56. The third-order valence-corrected chi connectivity index (χ3v) is 6.67. The first kappa shape index (κ1) is 22.1. The highest BCUT2D eigenvalue weighted by Gasteiger charge is 2.13. The van der Waals surface area contributed by atoms with Crippen LogP contribution in [0, 0.1) is 13.8 Å². The summed E-state index contributed by atoms with van der Waals surface area (Å²) in [6, 6.07) is 11.9. The number of imidazole rings is 1. The highest BCUT2D eigenvalue weighted by atomic mass is 35.5. The summed E-state index contributed by atoms with van der Waals surface area (Å²) in [5.41, 5.74) is 17.5. The molecule has 0 saturated heterocycles. The Morgan fingerprint density at radius 2 is 1.82 bits per heavy atom. The topological polar surface area (TPSA) is 111 Å². The molecule has 34 heavy (non-hydrogen) atoms. The molecule has 0 unspecified atom stereocenters. The molecule has 3 aromatic heterocycles. The van der Waals surface area contributed by atoms with Crippen molar-refractivity contribution >= 4 is 46.5 Å². The minimum atomic E-state index is 0.270. The monoisotopic (exact) mass is 491 g/mol. The van der Waals surface area contributed by atoms with Gasteiger partial charge in [-0.25, -0.2) is 14.5 Å². The van der Waals surface area contributed by atoms with E-state index in [0.29, 0.717) is 22.3 Å². The zero-order chi connectivity index (χ0) is 23.8. The molecule has 11 heteroatoms. The van der Waals surface area contributed by atoms with Crippen LogP contribution in [0.5, 0.6) is 0 Å². The molecule has 0 fully saturated rings. The zero-order valence-corrected chi connectivity index (χ0v) is 20.3. The fourth-order valence-corrected chi connectivity index (χ4v) is 4.67. The van der Waals surface area contributed by atoms with E-state index in [1.165, 1.54) is 11.8 Å². The van der Waals surface area contributed by atoms with Crippen molar-refractivity contribution in [3.63, 3.8) is 0 Å². The molecule has 0 atom stereocenters. The van der Waals surface area contributed by atoms with Gasteiger partial charge >= 0.3 is 0 Å². The highest BCUT2D eigenvalue weighted by molar-refractivity contribution is 7.99. The summed E-state index contributed by atoms with van der Waals surface area (Å²) in [7, 11) is 1.94. The molecular formula is C23H22ClN9S. The van der Waals surface area contributed by atoms with E-state index < -0.39 is 0 Å². The predicted octanol–water partition coefficient (Wildman–Crippen LogP) is 4.97. The second kappa shape index (κ2) is 8.88. The average molecular weight is 492 g/mol. The van der Waals surface area contributed by atoms with Gasteiger partial charge in [-0.2, -0.15) is 4.98 Å². The summed E-state index contributed by atoms with van der Waals surface area (Å²) in [6.07, 6.45) is 5.42. The van der Waals surface area contributed by atoms with Crippen LogP contribution in [0.4, 0.5) is 17.5 Å². The summed E-state index contributed by atoms with van der Waals surface area (Å²) < 4.78 is 3.55. The van der Waals surface area contributed by atoms with Gasteiger partial charge in [0.15, 0.2) is 16.6 Å². The van der Waals surface area contributed by atoms with Crippen LogP contribution in [0.3, 0.4) is 0 Å². The lowest BCUT2D eigenvalue weighted by Crippen LogP contribution is -2.10. The van der Waals surface area contributed by atoms with Crippen molar-refractivity contribution in [3.05, 3.63) is 71.1 Å². The van der Waals surface area contributed by atoms with Gasteiger partial charge in [-0.1, -0.05) is 35.5 Å². The number of hydrogen-bond donors (Lipinski definition) is 3. The minimum absolute atomic E-state index is 0.270. The van der Waals surface area contributed by atoms with E-state index in [-0.39, 0.29) is 5.82 Å². The minimum Gasteiger partial charge on any atom is -0.381 e. The van der Waals surface area contributed by atoms with E-state index in [9.17, 15) is 0 Å². The van der Waals surface area contributed by atoms with Gasteiger partial charge in [0, 0.05) is 29.9 Å². The van der Waals surface area contributed by atoms with Gasteiger partial charge in [0.1, 0.15) is 0 Å². The molecule has 0 saturated carbocycles. The van der Waals surface area contributed by atoms with Crippen molar-refractivity contribution in [2.75, 3.05) is 16.6 Å². The molecule has 0 radical (unpaired) electrons. The smallest absolute Gasteiger partial charge is 0.261 e. The first-order valence-electron chi connectivity index (χ1n) is 10.4. The molecule has 0 amide bonds. The first-order valence-corrected chi connectivity index (χ1v) is 11.6. The van der Waals surface area contributed by atoms with E-state index in [1.54, 1.807) is 16.9 Å². The van der Waals surface area contributed by atoms with Crippen LogP contribution < -0.4 is 16.6 Å². The van der Waals surface area contributed by atoms with Crippen LogP contribution in [0.15, 0.2) is 65.0 Å². The number of fused-ring (bicyclic) bond motifs is 1. The summed E-state index contributed by atoms with van der Waals surface area (Å²) >= 11 is 8.06. The number of nitrogens with zero attached hydrogens (tertiary/aromatic N) is 6. The van der Waals surface area contributed by atoms with Gasteiger partial charge < -0.3 is 10.3 Å².